The topological polar surface area (TPSA) is 80.4 Å². The molecule has 0 spiro atoms. The summed E-state index contributed by atoms with van der Waals surface area (Å²) in [5, 5.41) is 2.58. The van der Waals surface area contributed by atoms with Crippen molar-refractivity contribution in [1.82, 2.24) is 10.3 Å². The highest BCUT2D eigenvalue weighted by molar-refractivity contribution is 5.72. The van der Waals surface area contributed by atoms with Crippen molar-refractivity contribution in [3.05, 3.63) is 27.5 Å². The quantitative estimate of drug-likeness (QED) is 0.718. The van der Waals surface area contributed by atoms with Gasteiger partial charge in [0.15, 0.2) is 11.3 Å². The molecule has 1 rings (SSSR count). The smallest absolute Gasteiger partial charge is 0.217 e. The molecular formula is C12H18N2O4. The van der Waals surface area contributed by atoms with Crippen LogP contribution in [0.4, 0.5) is 0 Å². The van der Waals surface area contributed by atoms with Crippen molar-refractivity contribution in [2.75, 3.05) is 20.3 Å². The average molecular weight is 254 g/mol. The van der Waals surface area contributed by atoms with Gasteiger partial charge in [-0.25, -0.2) is 0 Å². The molecule has 1 aromatic rings. The van der Waals surface area contributed by atoms with Gasteiger partial charge in [0.05, 0.1) is 18.7 Å². The van der Waals surface area contributed by atoms with Crippen molar-refractivity contribution in [3.8, 4) is 5.88 Å². The lowest BCUT2D eigenvalue weighted by Gasteiger charge is -2.11. The summed E-state index contributed by atoms with van der Waals surface area (Å²) in [5.74, 6) is 0.184. The third-order valence-electron chi connectivity index (χ3n) is 2.28. The van der Waals surface area contributed by atoms with Crippen molar-refractivity contribution < 1.29 is 14.3 Å². The number of hydrogen-bond donors (Lipinski definition) is 2. The Morgan fingerprint density at radius 3 is 2.78 bits per heavy atom. The van der Waals surface area contributed by atoms with Gasteiger partial charge in [-0.05, 0) is 6.92 Å². The molecule has 1 amide bonds. The van der Waals surface area contributed by atoms with Crippen LogP contribution in [0.3, 0.4) is 0 Å². The molecule has 0 saturated carbocycles. The van der Waals surface area contributed by atoms with Gasteiger partial charge >= 0.3 is 0 Å². The number of carbonyl (C=O) groups is 1. The van der Waals surface area contributed by atoms with Crippen molar-refractivity contribution >= 4 is 5.91 Å². The lowest BCUT2D eigenvalue weighted by Crippen LogP contribution is -2.25. The Bertz CT molecular complexity index is 468. The first kappa shape index (κ1) is 14.2. The fourth-order valence-electron chi connectivity index (χ4n) is 1.42. The minimum atomic E-state index is -0.196. The van der Waals surface area contributed by atoms with Crippen LogP contribution in [0, 0.1) is 6.92 Å². The molecule has 0 unspecified atom stereocenters. The summed E-state index contributed by atoms with van der Waals surface area (Å²) in [7, 11) is 1.57. The SMILES string of the molecule is COCCOc1[nH]c(C)cc(=O)c1CNC(C)=O. The van der Waals surface area contributed by atoms with E-state index in [0.29, 0.717) is 30.4 Å². The summed E-state index contributed by atoms with van der Waals surface area (Å²) >= 11 is 0. The molecule has 0 aliphatic carbocycles. The molecular weight excluding hydrogens is 236 g/mol. The fraction of sp³-hybridized carbons (Fsp3) is 0.500. The normalized spacial score (nSPS) is 10.2. The molecule has 0 aliphatic heterocycles. The Labute approximate surface area is 105 Å². The van der Waals surface area contributed by atoms with Crippen molar-refractivity contribution in [2.45, 2.75) is 20.4 Å². The Balaban J connectivity index is 2.90. The van der Waals surface area contributed by atoms with Gasteiger partial charge in [-0.2, -0.15) is 0 Å². The zero-order valence-corrected chi connectivity index (χ0v) is 10.8. The Morgan fingerprint density at radius 2 is 2.17 bits per heavy atom. The molecule has 6 nitrogen and oxygen atoms in total. The van der Waals surface area contributed by atoms with Gasteiger partial charge in [0.2, 0.25) is 5.91 Å². The van der Waals surface area contributed by atoms with Gasteiger partial charge in [-0.15, -0.1) is 0 Å². The van der Waals surface area contributed by atoms with E-state index >= 15 is 0 Å². The van der Waals surface area contributed by atoms with E-state index in [-0.39, 0.29) is 17.9 Å². The van der Waals surface area contributed by atoms with Gasteiger partial charge in [-0.3, -0.25) is 9.59 Å². The molecule has 0 fully saturated rings. The molecule has 1 aromatic heterocycles. The summed E-state index contributed by atoms with van der Waals surface area (Å²) in [4.78, 5) is 25.7. The molecule has 1 heterocycles. The van der Waals surface area contributed by atoms with Gasteiger partial charge in [0, 0.05) is 25.8 Å². The fourth-order valence-corrected chi connectivity index (χ4v) is 1.42. The molecule has 0 aliphatic rings. The maximum Gasteiger partial charge on any atom is 0.217 e. The molecule has 6 heteroatoms. The van der Waals surface area contributed by atoms with Gasteiger partial charge in [-0.1, -0.05) is 0 Å². The van der Waals surface area contributed by atoms with Crippen LogP contribution in [0.5, 0.6) is 5.88 Å². The molecule has 0 aromatic carbocycles. The standard InChI is InChI=1S/C12H18N2O4/c1-8-6-11(16)10(7-13-9(2)15)12(14-8)18-5-4-17-3/h6H,4-5,7H2,1-3H3,(H,13,15)(H,14,16). The van der Waals surface area contributed by atoms with Crippen LogP contribution in [0.15, 0.2) is 10.9 Å². The second kappa shape index (κ2) is 6.80. The first-order chi connectivity index (χ1) is 8.54. The monoisotopic (exact) mass is 254 g/mol. The number of aryl methyl sites for hydroxylation is 1. The van der Waals surface area contributed by atoms with Crippen LogP contribution in [0.2, 0.25) is 0 Å². The number of hydrogen-bond acceptors (Lipinski definition) is 4. The first-order valence-electron chi connectivity index (χ1n) is 5.63. The number of nitrogens with one attached hydrogen (secondary N) is 2. The second-order valence-electron chi connectivity index (χ2n) is 3.88. The maximum atomic E-state index is 11.8. The number of H-pyrrole nitrogens is 1. The molecule has 18 heavy (non-hydrogen) atoms. The van der Waals surface area contributed by atoms with Gasteiger partial charge in [0.1, 0.15) is 6.61 Å². The molecule has 0 saturated heterocycles. The number of ether oxygens (including phenoxy) is 2. The summed E-state index contributed by atoms with van der Waals surface area (Å²) < 4.78 is 10.3. The number of amides is 1. The van der Waals surface area contributed by atoms with E-state index in [1.54, 1.807) is 14.0 Å². The predicted molar refractivity (Wildman–Crippen MR) is 66.7 cm³/mol. The maximum absolute atomic E-state index is 11.8. The molecule has 0 atom stereocenters. The van der Waals surface area contributed by atoms with Crippen molar-refractivity contribution in [1.29, 1.82) is 0 Å². The molecule has 2 N–H and O–H groups in total. The zero-order valence-electron chi connectivity index (χ0n) is 10.8. The van der Waals surface area contributed by atoms with Crippen LogP contribution >= 0.6 is 0 Å². The summed E-state index contributed by atoms with van der Waals surface area (Å²) in [6, 6.07) is 1.47. The number of carbonyl (C=O) groups excluding carboxylic acids is 1. The average Bonchev–Trinajstić information content (AvgIpc) is 2.27. The van der Waals surface area contributed by atoms with Crippen LogP contribution < -0.4 is 15.5 Å². The van der Waals surface area contributed by atoms with E-state index < -0.39 is 0 Å². The highest BCUT2D eigenvalue weighted by atomic mass is 16.5. The van der Waals surface area contributed by atoms with E-state index in [1.807, 2.05) is 0 Å². The number of aromatic amines is 1. The summed E-state index contributed by atoms with van der Waals surface area (Å²) in [6.45, 7) is 4.08. The zero-order chi connectivity index (χ0) is 13.5. The highest BCUT2D eigenvalue weighted by Crippen LogP contribution is 2.11. The first-order valence-corrected chi connectivity index (χ1v) is 5.63. The largest absolute Gasteiger partial charge is 0.476 e. The second-order valence-corrected chi connectivity index (χ2v) is 3.88. The summed E-state index contributed by atoms with van der Waals surface area (Å²) in [6.07, 6.45) is 0. The van der Waals surface area contributed by atoms with Crippen LogP contribution in [0.25, 0.3) is 0 Å². The van der Waals surface area contributed by atoms with Gasteiger partial charge < -0.3 is 19.8 Å². The van der Waals surface area contributed by atoms with E-state index in [4.69, 9.17) is 9.47 Å². The Morgan fingerprint density at radius 1 is 1.44 bits per heavy atom. The number of methoxy groups -OCH3 is 1. The summed E-state index contributed by atoms with van der Waals surface area (Å²) in [5.41, 5.74) is 0.957. The predicted octanol–water partition coefficient (Wildman–Crippen LogP) is 0.345. The molecule has 0 bridgehead atoms. The molecule has 100 valence electrons. The number of pyridine rings is 1. The van der Waals surface area contributed by atoms with Gasteiger partial charge in [0.25, 0.3) is 0 Å². The third-order valence-corrected chi connectivity index (χ3v) is 2.28. The van der Waals surface area contributed by atoms with E-state index in [2.05, 4.69) is 10.3 Å². The lowest BCUT2D eigenvalue weighted by atomic mass is 10.2. The lowest BCUT2D eigenvalue weighted by molar-refractivity contribution is -0.119. The Hall–Kier alpha value is -1.82. The van der Waals surface area contributed by atoms with Crippen LogP contribution in [-0.2, 0) is 16.1 Å². The minimum Gasteiger partial charge on any atom is -0.476 e. The Kier molecular flexibility index (Phi) is 5.38. The highest BCUT2D eigenvalue weighted by Gasteiger charge is 2.10. The van der Waals surface area contributed by atoms with E-state index in [9.17, 15) is 9.59 Å². The van der Waals surface area contributed by atoms with E-state index in [0.717, 1.165) is 0 Å². The van der Waals surface area contributed by atoms with Crippen molar-refractivity contribution in [2.24, 2.45) is 0 Å². The number of aromatic nitrogens is 1. The minimum absolute atomic E-state index is 0.146. The van der Waals surface area contributed by atoms with Crippen LogP contribution in [0.1, 0.15) is 18.2 Å². The third kappa shape index (κ3) is 4.21. The molecule has 0 radical (unpaired) electrons. The number of rotatable bonds is 6. The van der Waals surface area contributed by atoms with Crippen LogP contribution in [-0.4, -0.2) is 31.2 Å². The van der Waals surface area contributed by atoms with E-state index in [1.165, 1.54) is 13.0 Å². The van der Waals surface area contributed by atoms with Crippen molar-refractivity contribution in [3.63, 3.8) is 0 Å².